The van der Waals surface area contributed by atoms with Crippen LogP contribution in [0, 0.1) is 0 Å². The highest BCUT2D eigenvalue weighted by Gasteiger charge is 2.13. The first kappa shape index (κ1) is 14.9. The normalized spacial score (nSPS) is 11.7. The number of nitrogens with two attached hydrogens (primary N) is 1. The van der Waals surface area contributed by atoms with Crippen molar-refractivity contribution in [1.82, 2.24) is 5.32 Å². The molecule has 0 unspecified atom stereocenters. The standard InChI is InChI=1S/C17H21N3O/c1-3-19-17(21)15-11-14(18)9-10-16(15)20-12(2)13-7-5-4-6-8-13/h4-12,20H,3,18H2,1-2H3,(H,19,21)/t12-/m1/s1. The Morgan fingerprint density at radius 3 is 2.57 bits per heavy atom. The third-order valence-corrected chi connectivity index (χ3v) is 3.30. The van der Waals surface area contributed by atoms with Gasteiger partial charge in [-0.05, 0) is 37.6 Å². The van der Waals surface area contributed by atoms with E-state index in [4.69, 9.17) is 5.73 Å². The maximum atomic E-state index is 12.1. The fraction of sp³-hybridized carbons (Fsp3) is 0.235. The summed E-state index contributed by atoms with van der Waals surface area (Å²) >= 11 is 0. The maximum Gasteiger partial charge on any atom is 0.253 e. The van der Waals surface area contributed by atoms with Crippen molar-refractivity contribution in [2.24, 2.45) is 0 Å². The molecule has 0 heterocycles. The van der Waals surface area contributed by atoms with Crippen LogP contribution < -0.4 is 16.4 Å². The molecule has 0 aliphatic carbocycles. The van der Waals surface area contributed by atoms with Crippen LogP contribution in [0.1, 0.15) is 35.8 Å². The number of benzene rings is 2. The van der Waals surface area contributed by atoms with Crippen LogP contribution in [-0.2, 0) is 0 Å². The van der Waals surface area contributed by atoms with Crippen molar-refractivity contribution >= 4 is 17.3 Å². The highest BCUT2D eigenvalue weighted by Crippen LogP contribution is 2.24. The molecule has 0 aliphatic heterocycles. The summed E-state index contributed by atoms with van der Waals surface area (Å²) in [5, 5.41) is 6.18. The van der Waals surface area contributed by atoms with Gasteiger partial charge in [0.25, 0.3) is 5.91 Å². The first-order valence-electron chi connectivity index (χ1n) is 7.11. The quantitative estimate of drug-likeness (QED) is 0.738. The van der Waals surface area contributed by atoms with Crippen molar-refractivity contribution in [2.75, 3.05) is 17.6 Å². The average Bonchev–Trinajstić information content (AvgIpc) is 2.50. The number of carbonyl (C=O) groups is 1. The van der Waals surface area contributed by atoms with Gasteiger partial charge in [-0.3, -0.25) is 4.79 Å². The van der Waals surface area contributed by atoms with Crippen molar-refractivity contribution in [3.63, 3.8) is 0 Å². The Kier molecular flexibility index (Phi) is 4.82. The molecule has 2 rings (SSSR count). The molecular formula is C17H21N3O. The van der Waals surface area contributed by atoms with Crippen LogP contribution in [-0.4, -0.2) is 12.5 Å². The summed E-state index contributed by atoms with van der Waals surface area (Å²) in [5.41, 5.74) is 8.89. The fourth-order valence-electron chi connectivity index (χ4n) is 2.19. The summed E-state index contributed by atoms with van der Waals surface area (Å²) in [6.45, 7) is 4.54. The zero-order valence-corrected chi connectivity index (χ0v) is 12.4. The van der Waals surface area contributed by atoms with Crippen molar-refractivity contribution in [3.05, 3.63) is 59.7 Å². The summed E-state index contributed by atoms with van der Waals surface area (Å²) < 4.78 is 0. The predicted octanol–water partition coefficient (Wildman–Crippen LogP) is 3.19. The molecule has 0 saturated carbocycles. The maximum absolute atomic E-state index is 12.1. The molecule has 1 amide bonds. The number of hydrogen-bond acceptors (Lipinski definition) is 3. The lowest BCUT2D eigenvalue weighted by Gasteiger charge is -2.18. The smallest absolute Gasteiger partial charge is 0.253 e. The Morgan fingerprint density at radius 2 is 1.90 bits per heavy atom. The number of rotatable bonds is 5. The molecule has 4 nitrogen and oxygen atoms in total. The lowest BCUT2D eigenvalue weighted by Crippen LogP contribution is -2.24. The zero-order chi connectivity index (χ0) is 15.2. The van der Waals surface area contributed by atoms with E-state index in [0.29, 0.717) is 17.8 Å². The van der Waals surface area contributed by atoms with E-state index in [1.54, 1.807) is 12.1 Å². The molecule has 21 heavy (non-hydrogen) atoms. The summed E-state index contributed by atoms with van der Waals surface area (Å²) in [5.74, 6) is -0.118. The van der Waals surface area contributed by atoms with Crippen LogP contribution >= 0.6 is 0 Å². The molecule has 0 radical (unpaired) electrons. The minimum Gasteiger partial charge on any atom is -0.399 e. The van der Waals surface area contributed by atoms with Gasteiger partial charge in [-0.25, -0.2) is 0 Å². The predicted molar refractivity (Wildman–Crippen MR) is 87.3 cm³/mol. The highest BCUT2D eigenvalue weighted by molar-refractivity contribution is 6.00. The molecule has 0 saturated heterocycles. The van der Waals surface area contributed by atoms with E-state index in [1.807, 2.05) is 31.2 Å². The first-order valence-corrected chi connectivity index (χ1v) is 7.11. The number of nitrogens with one attached hydrogen (secondary N) is 2. The molecule has 110 valence electrons. The van der Waals surface area contributed by atoms with E-state index in [0.717, 1.165) is 11.3 Å². The number of anilines is 2. The van der Waals surface area contributed by atoms with E-state index in [9.17, 15) is 4.79 Å². The minimum absolute atomic E-state index is 0.100. The number of nitrogen functional groups attached to an aromatic ring is 1. The highest BCUT2D eigenvalue weighted by atomic mass is 16.1. The van der Waals surface area contributed by atoms with Gasteiger partial charge in [-0.1, -0.05) is 30.3 Å². The molecule has 0 fully saturated rings. The van der Waals surface area contributed by atoms with Gasteiger partial charge < -0.3 is 16.4 Å². The second-order valence-electron chi connectivity index (χ2n) is 4.94. The van der Waals surface area contributed by atoms with E-state index in [2.05, 4.69) is 29.7 Å². The second kappa shape index (κ2) is 6.79. The summed E-state index contributed by atoms with van der Waals surface area (Å²) in [6.07, 6.45) is 0. The van der Waals surface area contributed by atoms with Crippen molar-refractivity contribution < 1.29 is 4.79 Å². The summed E-state index contributed by atoms with van der Waals surface area (Å²) in [4.78, 5) is 12.1. The Morgan fingerprint density at radius 1 is 1.19 bits per heavy atom. The molecule has 2 aromatic rings. The monoisotopic (exact) mass is 283 g/mol. The molecule has 0 aromatic heterocycles. The largest absolute Gasteiger partial charge is 0.399 e. The molecule has 2 aromatic carbocycles. The van der Waals surface area contributed by atoms with Crippen LogP contribution in [0.15, 0.2) is 48.5 Å². The minimum atomic E-state index is -0.118. The third-order valence-electron chi connectivity index (χ3n) is 3.30. The van der Waals surface area contributed by atoms with Gasteiger partial charge >= 0.3 is 0 Å². The zero-order valence-electron chi connectivity index (χ0n) is 12.4. The van der Waals surface area contributed by atoms with E-state index >= 15 is 0 Å². The lowest BCUT2D eigenvalue weighted by atomic mass is 10.1. The molecule has 1 atom stereocenters. The molecule has 4 heteroatoms. The van der Waals surface area contributed by atoms with Crippen LogP contribution in [0.3, 0.4) is 0 Å². The topological polar surface area (TPSA) is 67.2 Å². The van der Waals surface area contributed by atoms with E-state index in [-0.39, 0.29) is 11.9 Å². The SMILES string of the molecule is CCNC(=O)c1cc(N)ccc1N[C@H](C)c1ccccc1. The van der Waals surface area contributed by atoms with Crippen LogP contribution in [0.2, 0.25) is 0 Å². The Hall–Kier alpha value is -2.49. The molecule has 0 bridgehead atoms. The van der Waals surface area contributed by atoms with Crippen molar-refractivity contribution in [1.29, 1.82) is 0 Å². The number of carbonyl (C=O) groups excluding carboxylic acids is 1. The Balaban J connectivity index is 2.25. The third kappa shape index (κ3) is 3.75. The van der Waals surface area contributed by atoms with Gasteiger partial charge in [0.1, 0.15) is 0 Å². The van der Waals surface area contributed by atoms with Crippen molar-refractivity contribution in [3.8, 4) is 0 Å². The Labute approximate surface area is 125 Å². The van der Waals surface area contributed by atoms with E-state index < -0.39 is 0 Å². The molecule has 0 aliphatic rings. The summed E-state index contributed by atoms with van der Waals surface area (Å²) in [6, 6.07) is 15.5. The van der Waals surface area contributed by atoms with Crippen LogP contribution in [0.4, 0.5) is 11.4 Å². The van der Waals surface area contributed by atoms with Crippen LogP contribution in [0.5, 0.6) is 0 Å². The van der Waals surface area contributed by atoms with Crippen LogP contribution in [0.25, 0.3) is 0 Å². The average molecular weight is 283 g/mol. The molecular weight excluding hydrogens is 262 g/mol. The van der Waals surface area contributed by atoms with Gasteiger partial charge in [0.05, 0.1) is 5.56 Å². The van der Waals surface area contributed by atoms with Gasteiger partial charge in [-0.2, -0.15) is 0 Å². The fourth-order valence-corrected chi connectivity index (χ4v) is 2.19. The van der Waals surface area contributed by atoms with Crippen molar-refractivity contribution in [2.45, 2.75) is 19.9 Å². The first-order chi connectivity index (χ1) is 10.1. The van der Waals surface area contributed by atoms with Gasteiger partial charge in [0.2, 0.25) is 0 Å². The van der Waals surface area contributed by atoms with E-state index in [1.165, 1.54) is 0 Å². The second-order valence-corrected chi connectivity index (χ2v) is 4.94. The molecule has 4 N–H and O–H groups in total. The molecule has 0 spiro atoms. The van der Waals surface area contributed by atoms with Gasteiger partial charge in [0, 0.05) is 24.0 Å². The lowest BCUT2D eigenvalue weighted by molar-refractivity contribution is 0.0956. The van der Waals surface area contributed by atoms with Gasteiger partial charge in [0.15, 0.2) is 0 Å². The number of amides is 1. The Bertz CT molecular complexity index is 611. The summed E-state index contributed by atoms with van der Waals surface area (Å²) in [7, 11) is 0. The number of hydrogen-bond donors (Lipinski definition) is 3. The van der Waals surface area contributed by atoms with Gasteiger partial charge in [-0.15, -0.1) is 0 Å².